The summed E-state index contributed by atoms with van der Waals surface area (Å²) < 4.78 is 3.43. The Labute approximate surface area is 151 Å². The zero-order valence-corrected chi connectivity index (χ0v) is 15.5. The van der Waals surface area contributed by atoms with Crippen LogP contribution < -0.4 is 0 Å². The van der Waals surface area contributed by atoms with Crippen LogP contribution in [0.2, 0.25) is 0 Å². The first-order valence-electron chi connectivity index (χ1n) is 6.56. The van der Waals surface area contributed by atoms with Gasteiger partial charge in [-0.25, -0.2) is 0 Å². The van der Waals surface area contributed by atoms with Gasteiger partial charge in [-0.2, -0.15) is 13.5 Å². The van der Waals surface area contributed by atoms with Crippen molar-refractivity contribution in [1.82, 2.24) is 4.98 Å². The van der Waals surface area contributed by atoms with Crippen molar-refractivity contribution in [3.05, 3.63) is 35.5 Å². The summed E-state index contributed by atoms with van der Waals surface area (Å²) in [6, 6.07) is 6.17. The molecule has 0 fully saturated rings. The molecule has 7 heteroatoms. The number of H-pyrrole nitrogens is 1. The van der Waals surface area contributed by atoms with Crippen molar-refractivity contribution >= 4 is 65.2 Å². The Hall–Kier alpha value is -0.550. The molecule has 0 aliphatic rings. The fourth-order valence-corrected chi connectivity index (χ4v) is 2.34. The minimum Gasteiger partial charge on any atom is -0.461 e. The first kappa shape index (κ1) is 19.5. The maximum absolute atomic E-state index is 11.9. The average molecular weight is 383 g/mol. The second kappa shape index (κ2) is 7.82. The third kappa shape index (κ3) is 5.27. The Morgan fingerprint density at radius 2 is 2.05 bits per heavy atom. The number of aromatic amines is 1. The lowest BCUT2D eigenvalue weighted by Crippen LogP contribution is -2.22. The summed E-state index contributed by atoms with van der Waals surface area (Å²) >= 11 is 16.7. The van der Waals surface area contributed by atoms with Gasteiger partial charge in [0.1, 0.15) is 6.61 Å². The number of aryl methyl sites for hydroxylation is 1. The summed E-state index contributed by atoms with van der Waals surface area (Å²) in [6.45, 7) is 3.60. The van der Waals surface area contributed by atoms with Gasteiger partial charge >= 0.3 is 5.97 Å². The van der Waals surface area contributed by atoms with E-state index in [1.165, 1.54) is 5.56 Å². The van der Waals surface area contributed by atoms with E-state index in [9.17, 15) is 4.79 Å². The van der Waals surface area contributed by atoms with E-state index in [4.69, 9.17) is 39.5 Å². The lowest BCUT2D eigenvalue weighted by atomic mass is 10.0. The fraction of sp³-hybridized carbons (Fsp3) is 0.400. The molecule has 0 spiro atoms. The first-order valence-corrected chi connectivity index (χ1v) is 7.69. The van der Waals surface area contributed by atoms with Crippen LogP contribution in [-0.2, 0) is 16.0 Å². The molecule has 1 N–H and O–H groups in total. The van der Waals surface area contributed by atoms with E-state index in [1.807, 2.05) is 19.2 Å². The van der Waals surface area contributed by atoms with Crippen molar-refractivity contribution in [3.8, 4) is 0 Å². The SMILES string of the molecule is Cc1ccc2c(C[C@H](C)C(=O)OCC(Cl)(Cl)Cl)c[nH]c2c1.S. The zero-order chi connectivity index (χ0) is 15.6. The summed E-state index contributed by atoms with van der Waals surface area (Å²) in [4.78, 5) is 15.1. The summed E-state index contributed by atoms with van der Waals surface area (Å²) in [5.41, 5.74) is 3.32. The van der Waals surface area contributed by atoms with E-state index < -0.39 is 3.79 Å². The number of aromatic nitrogens is 1. The molecule has 1 heterocycles. The third-order valence-corrected chi connectivity index (χ3v) is 3.56. The lowest BCUT2D eigenvalue weighted by Gasteiger charge is -2.14. The standard InChI is InChI=1S/C15H16Cl3NO2.H2S/c1-9-3-4-12-11(7-19-13(12)5-9)6-10(2)14(20)21-8-15(16,17)18;/h3-5,7,10,19H,6,8H2,1-2H3;1H2/t10-;/m0./s1. The molecule has 0 radical (unpaired) electrons. The maximum Gasteiger partial charge on any atom is 0.309 e. The molecule has 0 saturated heterocycles. The van der Waals surface area contributed by atoms with Gasteiger partial charge in [-0.05, 0) is 30.5 Å². The Balaban J connectivity index is 0.00000242. The molecule has 1 aromatic heterocycles. The monoisotopic (exact) mass is 381 g/mol. The molecule has 0 aliphatic carbocycles. The van der Waals surface area contributed by atoms with E-state index in [0.717, 1.165) is 16.5 Å². The summed E-state index contributed by atoms with van der Waals surface area (Å²) in [7, 11) is 0. The van der Waals surface area contributed by atoms with Gasteiger partial charge < -0.3 is 9.72 Å². The van der Waals surface area contributed by atoms with Gasteiger partial charge in [0.05, 0.1) is 5.92 Å². The molecule has 0 unspecified atom stereocenters. The molecule has 0 aliphatic heterocycles. The van der Waals surface area contributed by atoms with Gasteiger partial charge in [0.15, 0.2) is 0 Å². The lowest BCUT2D eigenvalue weighted by molar-refractivity contribution is -0.147. The molecule has 0 saturated carbocycles. The topological polar surface area (TPSA) is 42.1 Å². The predicted octanol–water partition coefficient (Wildman–Crippen LogP) is 4.68. The Kier molecular flexibility index (Phi) is 6.93. The van der Waals surface area contributed by atoms with Gasteiger partial charge in [0.2, 0.25) is 3.79 Å². The van der Waals surface area contributed by atoms with Crippen LogP contribution in [0.5, 0.6) is 0 Å². The molecular formula is C15H18Cl3NO2S. The van der Waals surface area contributed by atoms with Crippen LogP contribution in [0.1, 0.15) is 18.1 Å². The Bertz CT molecular complexity index is 652. The van der Waals surface area contributed by atoms with Crippen LogP contribution in [-0.4, -0.2) is 21.4 Å². The number of carbonyl (C=O) groups excluding carboxylic acids is 1. The van der Waals surface area contributed by atoms with E-state index in [-0.39, 0.29) is 32.0 Å². The Morgan fingerprint density at radius 1 is 1.36 bits per heavy atom. The van der Waals surface area contributed by atoms with Gasteiger partial charge in [-0.1, -0.05) is 53.9 Å². The second-order valence-corrected chi connectivity index (χ2v) is 7.71. The summed E-state index contributed by atoms with van der Waals surface area (Å²) in [6.07, 6.45) is 2.49. The first-order chi connectivity index (χ1) is 9.76. The van der Waals surface area contributed by atoms with Gasteiger partial charge in [-0.15, -0.1) is 0 Å². The van der Waals surface area contributed by atoms with Crippen molar-refractivity contribution in [1.29, 1.82) is 0 Å². The normalized spacial score (nSPS) is 12.8. The number of carbonyl (C=O) groups is 1. The molecule has 2 aromatic rings. The van der Waals surface area contributed by atoms with E-state index in [0.29, 0.717) is 6.42 Å². The highest BCUT2D eigenvalue weighted by Gasteiger charge is 2.24. The number of alkyl halides is 3. The van der Waals surface area contributed by atoms with Crippen LogP contribution >= 0.6 is 48.3 Å². The van der Waals surface area contributed by atoms with Crippen LogP contribution in [0, 0.1) is 12.8 Å². The van der Waals surface area contributed by atoms with Crippen molar-refractivity contribution in [2.75, 3.05) is 6.61 Å². The number of halogens is 3. The van der Waals surface area contributed by atoms with Gasteiger partial charge in [0.25, 0.3) is 0 Å². The third-order valence-electron chi connectivity index (χ3n) is 3.23. The molecule has 0 amide bonds. The molecular weight excluding hydrogens is 365 g/mol. The summed E-state index contributed by atoms with van der Waals surface area (Å²) in [5, 5.41) is 1.11. The highest BCUT2D eigenvalue weighted by molar-refractivity contribution is 7.59. The number of hydrogen-bond donors (Lipinski definition) is 1. The number of nitrogens with one attached hydrogen (secondary N) is 1. The molecule has 122 valence electrons. The maximum atomic E-state index is 11.9. The number of esters is 1. The second-order valence-electron chi connectivity index (χ2n) is 5.19. The zero-order valence-electron chi connectivity index (χ0n) is 12.3. The smallest absolute Gasteiger partial charge is 0.309 e. The number of benzene rings is 1. The average Bonchev–Trinajstić information content (AvgIpc) is 2.77. The molecule has 22 heavy (non-hydrogen) atoms. The molecule has 1 atom stereocenters. The van der Waals surface area contributed by atoms with Crippen molar-refractivity contribution in [2.24, 2.45) is 5.92 Å². The number of ether oxygens (including phenoxy) is 1. The van der Waals surface area contributed by atoms with E-state index in [1.54, 1.807) is 6.92 Å². The minimum absolute atomic E-state index is 0. The molecule has 3 nitrogen and oxygen atoms in total. The fourth-order valence-electron chi connectivity index (χ4n) is 2.18. The van der Waals surface area contributed by atoms with Crippen LogP contribution in [0.4, 0.5) is 0 Å². The highest BCUT2D eigenvalue weighted by atomic mass is 35.6. The van der Waals surface area contributed by atoms with Crippen LogP contribution in [0.3, 0.4) is 0 Å². The Morgan fingerprint density at radius 3 is 2.68 bits per heavy atom. The quantitative estimate of drug-likeness (QED) is 0.616. The van der Waals surface area contributed by atoms with Gasteiger partial charge in [0, 0.05) is 17.1 Å². The van der Waals surface area contributed by atoms with Gasteiger partial charge in [-0.3, -0.25) is 4.79 Å². The highest BCUT2D eigenvalue weighted by Crippen LogP contribution is 2.27. The van der Waals surface area contributed by atoms with Crippen LogP contribution in [0.15, 0.2) is 24.4 Å². The largest absolute Gasteiger partial charge is 0.461 e. The number of fused-ring (bicyclic) bond motifs is 1. The number of hydrogen-bond acceptors (Lipinski definition) is 2. The van der Waals surface area contributed by atoms with E-state index >= 15 is 0 Å². The predicted molar refractivity (Wildman–Crippen MR) is 97.5 cm³/mol. The molecule has 1 aromatic carbocycles. The number of rotatable bonds is 4. The summed E-state index contributed by atoms with van der Waals surface area (Å²) in [5.74, 6) is -0.680. The minimum atomic E-state index is -1.58. The molecule has 0 bridgehead atoms. The van der Waals surface area contributed by atoms with Crippen LogP contribution in [0.25, 0.3) is 10.9 Å². The molecule has 2 rings (SSSR count). The van der Waals surface area contributed by atoms with E-state index in [2.05, 4.69) is 17.1 Å². The van der Waals surface area contributed by atoms with Crippen molar-refractivity contribution in [2.45, 2.75) is 24.1 Å². The van der Waals surface area contributed by atoms with Crippen molar-refractivity contribution < 1.29 is 9.53 Å². The van der Waals surface area contributed by atoms with Crippen molar-refractivity contribution in [3.63, 3.8) is 0 Å².